The molecule has 3 aromatic heterocycles. The van der Waals surface area contributed by atoms with Gasteiger partial charge in [-0.05, 0) is 81.9 Å². The summed E-state index contributed by atoms with van der Waals surface area (Å²) >= 11 is 0. The molecule has 0 spiro atoms. The molecule has 0 bridgehead atoms. The van der Waals surface area contributed by atoms with Crippen molar-refractivity contribution >= 4 is 82.9 Å². The van der Waals surface area contributed by atoms with Crippen LogP contribution in [0.1, 0.15) is 25.0 Å². The average molecular weight is 784 g/mol. The molecule has 0 fully saturated rings. The van der Waals surface area contributed by atoms with E-state index in [0.717, 1.165) is 105 Å². The topological polar surface area (TPSA) is 42.7 Å². The second-order valence-corrected chi connectivity index (χ2v) is 16.8. The molecule has 0 N–H and O–H groups in total. The summed E-state index contributed by atoms with van der Waals surface area (Å²) in [6, 6.07) is 66.8. The van der Waals surface area contributed by atoms with Crippen molar-refractivity contribution in [3.63, 3.8) is 0 Å². The highest BCUT2D eigenvalue weighted by Gasteiger charge is 2.36. The lowest BCUT2D eigenvalue weighted by molar-refractivity contribution is 0.660. The molecule has 4 nitrogen and oxygen atoms in total. The molecule has 0 aliphatic heterocycles. The Labute approximate surface area is 351 Å². The van der Waals surface area contributed by atoms with Crippen LogP contribution in [-0.2, 0) is 5.41 Å². The molecule has 9 aromatic carbocycles. The zero-order valence-corrected chi connectivity index (χ0v) is 33.6. The second kappa shape index (κ2) is 12.6. The van der Waals surface area contributed by atoms with Crippen LogP contribution in [0.25, 0.3) is 99.2 Å². The first-order valence-electron chi connectivity index (χ1n) is 20.9. The largest absolute Gasteiger partial charge is 0.456 e. The Kier molecular flexibility index (Phi) is 7.04. The van der Waals surface area contributed by atoms with Crippen molar-refractivity contribution in [2.45, 2.75) is 19.3 Å². The van der Waals surface area contributed by atoms with Crippen molar-refractivity contribution in [2.24, 2.45) is 0 Å². The summed E-state index contributed by atoms with van der Waals surface area (Å²) in [6.07, 6.45) is 0. The summed E-state index contributed by atoms with van der Waals surface area (Å²) in [4.78, 5) is 2.37. The van der Waals surface area contributed by atoms with Crippen molar-refractivity contribution in [1.29, 1.82) is 0 Å². The van der Waals surface area contributed by atoms with E-state index in [4.69, 9.17) is 13.3 Å². The smallest absolute Gasteiger partial charge is 0.159 e. The van der Waals surface area contributed by atoms with E-state index < -0.39 is 0 Å². The molecule has 288 valence electrons. The molecule has 1 aliphatic carbocycles. The standard InChI is InChI=1S/C57H37NO3/c1-57(2)46-25-9-6-19-38(46)39-30-29-37(32-47(39)57)58(36-18-12-17-35(31-36)34-15-4-3-5-16-34)48-26-14-23-42-45-33-51-52(43-21-8-11-28-50(43)59-51)53(56(45)61-55(42)48)44-24-13-22-41-40-20-7-10-27-49(40)60-54(41)44/h3-33H,1-2H3. The van der Waals surface area contributed by atoms with Gasteiger partial charge >= 0.3 is 0 Å². The lowest BCUT2D eigenvalue weighted by Crippen LogP contribution is -2.16. The van der Waals surface area contributed by atoms with Crippen molar-refractivity contribution in [3.05, 3.63) is 199 Å². The van der Waals surface area contributed by atoms with E-state index in [-0.39, 0.29) is 5.41 Å². The van der Waals surface area contributed by atoms with E-state index in [2.05, 4.69) is 183 Å². The van der Waals surface area contributed by atoms with Crippen LogP contribution in [0.15, 0.2) is 201 Å². The fourth-order valence-electron chi connectivity index (χ4n) is 10.2. The molecule has 12 aromatic rings. The molecular weight excluding hydrogens is 747 g/mol. The van der Waals surface area contributed by atoms with Crippen molar-refractivity contribution < 1.29 is 13.3 Å². The third-order valence-corrected chi connectivity index (χ3v) is 13.1. The molecule has 4 heteroatoms. The Bertz CT molecular complexity index is 3750. The highest BCUT2D eigenvalue weighted by Crippen LogP contribution is 2.53. The SMILES string of the molecule is CC1(C)c2ccccc2-c2ccc(N(c3cccc(-c4ccccc4)c3)c3cccc4c3oc3c(-c5cccc6c5oc5ccccc56)c5c(cc34)oc3ccccc35)cc21. The number of anilines is 3. The van der Waals surface area contributed by atoms with Gasteiger partial charge in [-0.2, -0.15) is 0 Å². The van der Waals surface area contributed by atoms with Crippen molar-refractivity contribution in [2.75, 3.05) is 4.90 Å². The maximum atomic E-state index is 7.42. The zero-order valence-electron chi connectivity index (χ0n) is 33.6. The number of para-hydroxylation sites is 4. The minimum absolute atomic E-state index is 0.172. The average Bonchev–Trinajstić information content (AvgIpc) is 4.05. The predicted molar refractivity (Wildman–Crippen MR) is 251 cm³/mol. The Hall–Kier alpha value is -7.82. The summed E-state index contributed by atoms with van der Waals surface area (Å²) in [5, 5.41) is 6.17. The van der Waals surface area contributed by atoms with E-state index in [1.54, 1.807) is 0 Å². The van der Waals surface area contributed by atoms with Crippen LogP contribution in [0.3, 0.4) is 0 Å². The quantitative estimate of drug-likeness (QED) is 0.174. The second-order valence-electron chi connectivity index (χ2n) is 16.8. The third-order valence-electron chi connectivity index (χ3n) is 13.1. The van der Waals surface area contributed by atoms with Crippen LogP contribution in [-0.4, -0.2) is 0 Å². The molecule has 13 rings (SSSR count). The molecule has 1 aliphatic rings. The Morgan fingerprint density at radius 2 is 1.02 bits per heavy atom. The molecule has 0 amide bonds. The van der Waals surface area contributed by atoms with Crippen LogP contribution in [0, 0.1) is 0 Å². The first-order chi connectivity index (χ1) is 30.0. The molecule has 0 unspecified atom stereocenters. The number of rotatable bonds is 5. The number of fused-ring (bicyclic) bond motifs is 12. The van der Waals surface area contributed by atoms with Crippen LogP contribution in [0.2, 0.25) is 0 Å². The summed E-state index contributed by atoms with van der Waals surface area (Å²) < 4.78 is 20.8. The zero-order chi connectivity index (χ0) is 40.4. The van der Waals surface area contributed by atoms with E-state index in [1.807, 2.05) is 24.3 Å². The van der Waals surface area contributed by atoms with E-state index in [0.29, 0.717) is 0 Å². The van der Waals surface area contributed by atoms with Gasteiger partial charge in [0.25, 0.3) is 0 Å². The lowest BCUT2D eigenvalue weighted by atomic mass is 9.82. The number of hydrogen-bond donors (Lipinski definition) is 0. The Morgan fingerprint density at radius 1 is 0.377 bits per heavy atom. The minimum atomic E-state index is -0.172. The van der Waals surface area contributed by atoms with Gasteiger partial charge in [0.05, 0.1) is 5.69 Å². The van der Waals surface area contributed by atoms with Crippen LogP contribution < -0.4 is 4.90 Å². The normalized spacial score (nSPS) is 13.2. The highest BCUT2D eigenvalue weighted by molar-refractivity contribution is 6.26. The monoisotopic (exact) mass is 783 g/mol. The fourth-order valence-corrected chi connectivity index (χ4v) is 10.2. The molecule has 3 heterocycles. The highest BCUT2D eigenvalue weighted by atomic mass is 16.3. The van der Waals surface area contributed by atoms with Gasteiger partial charge in [-0.1, -0.05) is 153 Å². The Balaban J connectivity index is 1.11. The first kappa shape index (κ1) is 34.1. The van der Waals surface area contributed by atoms with Gasteiger partial charge in [0.15, 0.2) is 5.58 Å². The molecule has 0 atom stereocenters. The fraction of sp³-hybridized carbons (Fsp3) is 0.0526. The number of nitrogens with zero attached hydrogens (tertiary/aromatic N) is 1. The maximum Gasteiger partial charge on any atom is 0.159 e. The first-order valence-corrected chi connectivity index (χ1v) is 20.9. The van der Waals surface area contributed by atoms with Gasteiger partial charge in [0.2, 0.25) is 0 Å². The van der Waals surface area contributed by atoms with Gasteiger partial charge < -0.3 is 18.2 Å². The number of benzene rings is 9. The summed E-state index contributed by atoms with van der Waals surface area (Å²) in [6.45, 7) is 4.68. The minimum Gasteiger partial charge on any atom is -0.456 e. The number of hydrogen-bond acceptors (Lipinski definition) is 4. The van der Waals surface area contributed by atoms with Gasteiger partial charge in [0, 0.05) is 60.2 Å². The number of furan rings is 3. The van der Waals surface area contributed by atoms with Crippen LogP contribution in [0.4, 0.5) is 17.1 Å². The summed E-state index contributed by atoms with van der Waals surface area (Å²) in [7, 11) is 0. The van der Waals surface area contributed by atoms with Crippen LogP contribution >= 0.6 is 0 Å². The third kappa shape index (κ3) is 4.87. The lowest BCUT2D eigenvalue weighted by Gasteiger charge is -2.28. The maximum absolute atomic E-state index is 7.42. The van der Waals surface area contributed by atoms with Gasteiger partial charge in [-0.25, -0.2) is 0 Å². The summed E-state index contributed by atoms with van der Waals surface area (Å²) in [5.74, 6) is 0. The van der Waals surface area contributed by atoms with E-state index in [9.17, 15) is 0 Å². The van der Waals surface area contributed by atoms with Crippen molar-refractivity contribution in [1.82, 2.24) is 0 Å². The molecule has 0 saturated heterocycles. The van der Waals surface area contributed by atoms with Gasteiger partial charge in [0.1, 0.15) is 27.9 Å². The van der Waals surface area contributed by atoms with Crippen LogP contribution in [0.5, 0.6) is 0 Å². The van der Waals surface area contributed by atoms with E-state index in [1.165, 1.54) is 22.3 Å². The Morgan fingerprint density at radius 3 is 1.89 bits per heavy atom. The molecule has 61 heavy (non-hydrogen) atoms. The van der Waals surface area contributed by atoms with Gasteiger partial charge in [-0.15, -0.1) is 0 Å². The molecule has 0 radical (unpaired) electrons. The van der Waals surface area contributed by atoms with E-state index >= 15 is 0 Å². The van der Waals surface area contributed by atoms with Gasteiger partial charge in [-0.3, -0.25) is 0 Å². The summed E-state index contributed by atoms with van der Waals surface area (Å²) in [5.41, 5.74) is 17.2. The van der Waals surface area contributed by atoms with Crippen molar-refractivity contribution in [3.8, 4) is 33.4 Å². The molecular formula is C57H37NO3. The predicted octanol–water partition coefficient (Wildman–Crippen LogP) is 16.5. The molecule has 0 saturated carbocycles.